The molecular weight excluding hydrogens is 372 g/mol. The first-order valence-electron chi connectivity index (χ1n) is 9.42. The molecule has 2 aromatic carbocycles. The topological polar surface area (TPSA) is 70.5 Å². The summed E-state index contributed by atoms with van der Waals surface area (Å²) in [6, 6.07) is 16.1. The van der Waals surface area contributed by atoms with Gasteiger partial charge in [0.15, 0.2) is 5.01 Å². The van der Waals surface area contributed by atoms with Crippen LogP contribution in [0.25, 0.3) is 0 Å². The zero-order chi connectivity index (χ0) is 19.3. The Morgan fingerprint density at radius 1 is 1.11 bits per heavy atom. The Hall–Kier alpha value is -2.32. The van der Waals surface area contributed by atoms with Crippen LogP contribution in [0.1, 0.15) is 27.8 Å². The summed E-state index contributed by atoms with van der Waals surface area (Å²) in [5.74, 6) is 0. The molecule has 7 heteroatoms. The van der Waals surface area contributed by atoms with Crippen molar-refractivity contribution in [3.05, 3.63) is 70.2 Å². The number of para-hydroxylation sites is 1. The van der Waals surface area contributed by atoms with Gasteiger partial charge in [-0.05, 0) is 29.7 Å². The molecule has 6 nitrogen and oxygen atoms in total. The Labute approximate surface area is 168 Å². The number of morpholine rings is 1. The van der Waals surface area contributed by atoms with Crippen molar-refractivity contribution in [3.63, 3.8) is 0 Å². The van der Waals surface area contributed by atoms with Crippen LogP contribution < -0.4 is 5.32 Å². The molecule has 1 aromatic heterocycles. The Bertz CT molecular complexity index is 907. The Morgan fingerprint density at radius 3 is 2.61 bits per heavy atom. The molecule has 1 fully saturated rings. The fourth-order valence-electron chi connectivity index (χ4n) is 3.19. The number of aliphatic hydroxyl groups is 1. The van der Waals surface area contributed by atoms with Gasteiger partial charge in [-0.15, -0.1) is 10.2 Å². The lowest BCUT2D eigenvalue weighted by atomic mass is 10.1. The second-order valence-corrected chi connectivity index (χ2v) is 7.93. The number of hydrogen-bond acceptors (Lipinski definition) is 7. The summed E-state index contributed by atoms with van der Waals surface area (Å²) in [6.07, 6.45) is -0.776. The van der Waals surface area contributed by atoms with Crippen molar-refractivity contribution in [3.8, 4) is 0 Å². The summed E-state index contributed by atoms with van der Waals surface area (Å²) in [5.41, 5.74) is 4.18. The number of aryl methyl sites for hydroxylation is 1. The normalized spacial score (nSPS) is 16.1. The average molecular weight is 397 g/mol. The first-order valence-corrected chi connectivity index (χ1v) is 10.2. The fourth-order valence-corrected chi connectivity index (χ4v) is 3.96. The maximum Gasteiger partial charge on any atom is 0.210 e. The summed E-state index contributed by atoms with van der Waals surface area (Å²) in [6.45, 7) is 6.47. The Balaban J connectivity index is 1.41. The van der Waals surface area contributed by atoms with Crippen LogP contribution in [0.15, 0.2) is 48.5 Å². The monoisotopic (exact) mass is 396 g/mol. The second-order valence-electron chi connectivity index (χ2n) is 6.92. The first kappa shape index (κ1) is 19.0. The van der Waals surface area contributed by atoms with Crippen molar-refractivity contribution in [1.29, 1.82) is 0 Å². The minimum atomic E-state index is -0.776. The van der Waals surface area contributed by atoms with Gasteiger partial charge in [0.05, 0.1) is 13.2 Å². The summed E-state index contributed by atoms with van der Waals surface area (Å²) >= 11 is 1.37. The number of nitrogens with zero attached hydrogens (tertiary/aromatic N) is 3. The van der Waals surface area contributed by atoms with Gasteiger partial charge in [-0.1, -0.05) is 53.8 Å². The molecule has 146 valence electrons. The molecule has 0 radical (unpaired) electrons. The summed E-state index contributed by atoms with van der Waals surface area (Å²) < 4.78 is 5.39. The maximum atomic E-state index is 10.7. The molecule has 0 spiro atoms. The number of hydrogen-bond donors (Lipinski definition) is 2. The number of aliphatic hydroxyl groups excluding tert-OH is 1. The second kappa shape index (κ2) is 8.79. The molecule has 2 N–H and O–H groups in total. The first-order chi connectivity index (χ1) is 13.7. The van der Waals surface area contributed by atoms with Gasteiger partial charge in [0.25, 0.3) is 0 Å². The number of anilines is 2. The standard InChI is InChI=1S/C21H24N4O2S/c1-15-4-2-3-5-18(15)22-21-24-23-20(28-21)19(26)17-8-6-16(7-9-17)14-25-10-12-27-13-11-25/h2-9,19,26H,10-14H2,1H3,(H,22,24). The van der Waals surface area contributed by atoms with Gasteiger partial charge in [-0.3, -0.25) is 4.90 Å². The summed E-state index contributed by atoms with van der Waals surface area (Å²) in [7, 11) is 0. The highest BCUT2D eigenvalue weighted by Gasteiger charge is 2.17. The molecule has 1 saturated heterocycles. The molecule has 4 rings (SSSR count). The predicted molar refractivity (Wildman–Crippen MR) is 111 cm³/mol. The molecule has 0 saturated carbocycles. The third-order valence-electron chi connectivity index (χ3n) is 4.87. The minimum Gasteiger partial charge on any atom is -0.381 e. The van der Waals surface area contributed by atoms with Gasteiger partial charge in [-0.25, -0.2) is 0 Å². The number of benzene rings is 2. The van der Waals surface area contributed by atoms with E-state index in [0.717, 1.165) is 49.7 Å². The van der Waals surface area contributed by atoms with Gasteiger partial charge in [-0.2, -0.15) is 0 Å². The molecule has 2 heterocycles. The van der Waals surface area contributed by atoms with E-state index in [0.29, 0.717) is 10.1 Å². The summed E-state index contributed by atoms with van der Waals surface area (Å²) in [5, 5.41) is 23.6. The largest absolute Gasteiger partial charge is 0.381 e. The fraction of sp³-hybridized carbons (Fsp3) is 0.333. The van der Waals surface area contributed by atoms with Gasteiger partial charge in [0.1, 0.15) is 6.10 Å². The smallest absolute Gasteiger partial charge is 0.210 e. The zero-order valence-electron chi connectivity index (χ0n) is 15.8. The maximum absolute atomic E-state index is 10.7. The number of rotatable bonds is 6. The zero-order valence-corrected chi connectivity index (χ0v) is 16.7. The van der Waals surface area contributed by atoms with Crippen LogP contribution in [0.3, 0.4) is 0 Å². The van der Waals surface area contributed by atoms with E-state index in [1.165, 1.54) is 16.9 Å². The highest BCUT2D eigenvalue weighted by atomic mass is 32.1. The molecule has 1 unspecified atom stereocenters. The van der Waals surface area contributed by atoms with E-state index in [1.807, 2.05) is 43.3 Å². The molecule has 1 aliphatic rings. The van der Waals surface area contributed by atoms with E-state index in [-0.39, 0.29) is 0 Å². The average Bonchev–Trinajstić information content (AvgIpc) is 3.19. The van der Waals surface area contributed by atoms with E-state index in [9.17, 15) is 5.11 Å². The molecule has 0 bridgehead atoms. The summed E-state index contributed by atoms with van der Waals surface area (Å²) in [4.78, 5) is 2.38. The van der Waals surface area contributed by atoms with Crippen LogP contribution in [-0.4, -0.2) is 46.5 Å². The van der Waals surface area contributed by atoms with Crippen molar-refractivity contribution >= 4 is 22.2 Å². The van der Waals surface area contributed by atoms with E-state index in [4.69, 9.17) is 4.74 Å². The molecular formula is C21H24N4O2S. The van der Waals surface area contributed by atoms with Crippen LogP contribution in [0.4, 0.5) is 10.8 Å². The van der Waals surface area contributed by atoms with Crippen molar-refractivity contribution in [2.24, 2.45) is 0 Å². The molecule has 1 atom stereocenters. The van der Waals surface area contributed by atoms with E-state index >= 15 is 0 Å². The third-order valence-corrected chi connectivity index (χ3v) is 5.76. The SMILES string of the molecule is Cc1ccccc1Nc1nnc(C(O)c2ccc(CN3CCOCC3)cc2)s1. The van der Waals surface area contributed by atoms with Crippen molar-refractivity contribution in [1.82, 2.24) is 15.1 Å². The highest BCUT2D eigenvalue weighted by Crippen LogP contribution is 2.29. The van der Waals surface area contributed by atoms with Crippen molar-refractivity contribution in [2.75, 3.05) is 31.6 Å². The third kappa shape index (κ3) is 4.56. The van der Waals surface area contributed by atoms with Crippen LogP contribution in [-0.2, 0) is 11.3 Å². The molecule has 3 aromatic rings. The molecule has 1 aliphatic heterocycles. The van der Waals surface area contributed by atoms with Crippen molar-refractivity contribution < 1.29 is 9.84 Å². The van der Waals surface area contributed by atoms with Crippen LogP contribution in [0.5, 0.6) is 0 Å². The Kier molecular flexibility index (Phi) is 5.97. The van der Waals surface area contributed by atoms with Crippen LogP contribution in [0.2, 0.25) is 0 Å². The van der Waals surface area contributed by atoms with Gasteiger partial charge in [0, 0.05) is 25.3 Å². The molecule has 0 amide bonds. The van der Waals surface area contributed by atoms with Crippen LogP contribution in [0, 0.1) is 6.92 Å². The number of aromatic nitrogens is 2. The van der Waals surface area contributed by atoms with Gasteiger partial charge < -0.3 is 15.2 Å². The lowest BCUT2D eigenvalue weighted by Crippen LogP contribution is -2.35. The van der Waals surface area contributed by atoms with Crippen LogP contribution >= 0.6 is 11.3 Å². The van der Waals surface area contributed by atoms with Gasteiger partial charge in [0.2, 0.25) is 5.13 Å². The van der Waals surface area contributed by atoms with Crippen molar-refractivity contribution in [2.45, 2.75) is 19.6 Å². The lowest BCUT2D eigenvalue weighted by molar-refractivity contribution is 0.0342. The number of ether oxygens (including phenoxy) is 1. The van der Waals surface area contributed by atoms with E-state index in [2.05, 4.69) is 32.5 Å². The van der Waals surface area contributed by atoms with E-state index < -0.39 is 6.10 Å². The number of nitrogens with one attached hydrogen (secondary N) is 1. The quantitative estimate of drug-likeness (QED) is 0.665. The highest BCUT2D eigenvalue weighted by molar-refractivity contribution is 7.15. The van der Waals surface area contributed by atoms with E-state index in [1.54, 1.807) is 0 Å². The predicted octanol–water partition coefficient (Wildman–Crippen LogP) is 3.50. The minimum absolute atomic E-state index is 0.581. The molecule has 0 aliphatic carbocycles. The lowest BCUT2D eigenvalue weighted by Gasteiger charge is -2.26. The van der Waals surface area contributed by atoms with Gasteiger partial charge >= 0.3 is 0 Å². The Morgan fingerprint density at radius 2 is 1.86 bits per heavy atom. The molecule has 28 heavy (non-hydrogen) atoms.